The number of allylic oxidation sites excluding steroid dienone is 5. The molecule has 0 unspecified atom stereocenters. The lowest BCUT2D eigenvalue weighted by molar-refractivity contribution is -0.0553. The van der Waals surface area contributed by atoms with Gasteiger partial charge >= 0.3 is 6.09 Å². The van der Waals surface area contributed by atoms with E-state index in [2.05, 4.69) is 22.5 Å². The van der Waals surface area contributed by atoms with Gasteiger partial charge in [0.2, 0.25) is 5.88 Å². The lowest BCUT2D eigenvalue weighted by Crippen LogP contribution is -2.54. The topological polar surface area (TPSA) is 93.6 Å². The highest BCUT2D eigenvalue weighted by atomic mass is 16.6. The number of carbonyl (C=O) groups excluding carboxylic acids is 1. The number of hydrogen-bond acceptors (Lipinski definition) is 8. The van der Waals surface area contributed by atoms with E-state index >= 15 is 0 Å². The summed E-state index contributed by atoms with van der Waals surface area (Å²) >= 11 is 0. The maximum Gasteiger partial charge on any atom is 0.417 e. The van der Waals surface area contributed by atoms with Gasteiger partial charge < -0.3 is 24.1 Å². The Hall–Kier alpha value is -4.08. The van der Waals surface area contributed by atoms with Crippen molar-refractivity contribution in [3.8, 4) is 5.75 Å². The summed E-state index contributed by atoms with van der Waals surface area (Å²) in [6.45, 7) is 6.08. The van der Waals surface area contributed by atoms with E-state index in [0.717, 1.165) is 40.6 Å². The minimum absolute atomic E-state index is 0.00418. The standard InChI is InChI=1S/C32H35N3O6/c1-3-7-23-17-34(18-28(36)25-12-14-33-27-11-10-24(38-2)16-26(25)27)15-13-32(23)21-35(31(37)41-32)30-20-39-19-29(40-30)22-8-5-4-6-9-22/h3-5,8,10-12,14,16,19-20,23,28,36H,1,6-7,9,13,15,17-18,21H2,2H3/t23-,28-,32+/m0/s1. The van der Waals surface area contributed by atoms with Crippen molar-refractivity contribution in [2.75, 3.05) is 33.3 Å². The number of fused-ring (bicyclic) bond motifs is 1. The second-order valence-corrected chi connectivity index (χ2v) is 10.9. The molecule has 4 heterocycles. The van der Waals surface area contributed by atoms with E-state index < -0.39 is 17.8 Å². The van der Waals surface area contributed by atoms with Gasteiger partial charge in [-0.2, -0.15) is 0 Å². The van der Waals surface area contributed by atoms with Gasteiger partial charge in [-0.25, -0.2) is 9.69 Å². The number of hydrogen-bond donors (Lipinski definition) is 1. The number of aromatic nitrogens is 1. The first kappa shape index (κ1) is 27.1. The number of piperidine rings is 1. The fourth-order valence-corrected chi connectivity index (χ4v) is 6.17. The van der Waals surface area contributed by atoms with Gasteiger partial charge in [-0.05, 0) is 54.7 Å². The summed E-state index contributed by atoms with van der Waals surface area (Å²) in [6.07, 6.45) is 14.6. The summed E-state index contributed by atoms with van der Waals surface area (Å²) in [5.41, 5.74) is 1.95. The number of benzene rings is 1. The van der Waals surface area contributed by atoms with Crippen LogP contribution in [0.15, 0.2) is 91.1 Å². The summed E-state index contributed by atoms with van der Waals surface area (Å²) in [4.78, 5) is 21.4. The zero-order valence-corrected chi connectivity index (χ0v) is 23.2. The third kappa shape index (κ3) is 5.35. The van der Waals surface area contributed by atoms with Crippen LogP contribution in [0.2, 0.25) is 0 Å². The first-order valence-electron chi connectivity index (χ1n) is 14.0. The van der Waals surface area contributed by atoms with Crippen molar-refractivity contribution < 1.29 is 28.8 Å². The molecule has 1 amide bonds. The summed E-state index contributed by atoms with van der Waals surface area (Å²) in [7, 11) is 1.62. The molecule has 2 aromatic rings. The number of aliphatic hydroxyl groups excluding tert-OH is 1. The molecule has 0 radical (unpaired) electrons. The average Bonchev–Trinajstić information content (AvgIpc) is 3.35. The van der Waals surface area contributed by atoms with E-state index in [1.54, 1.807) is 19.6 Å². The van der Waals surface area contributed by atoms with Crippen LogP contribution >= 0.6 is 0 Å². The quantitative estimate of drug-likeness (QED) is 0.436. The Balaban J connectivity index is 1.15. The predicted molar refractivity (Wildman–Crippen MR) is 153 cm³/mol. The van der Waals surface area contributed by atoms with E-state index in [-0.39, 0.29) is 5.92 Å². The van der Waals surface area contributed by atoms with Crippen molar-refractivity contribution in [3.05, 3.63) is 96.6 Å². The zero-order chi connectivity index (χ0) is 28.4. The molecule has 214 valence electrons. The average molecular weight is 558 g/mol. The van der Waals surface area contributed by atoms with Crippen LogP contribution in [0.25, 0.3) is 10.9 Å². The molecule has 2 fully saturated rings. The van der Waals surface area contributed by atoms with Crippen molar-refractivity contribution >= 4 is 17.0 Å². The van der Waals surface area contributed by atoms with Crippen molar-refractivity contribution in [1.29, 1.82) is 0 Å². The molecule has 1 spiro atoms. The summed E-state index contributed by atoms with van der Waals surface area (Å²) in [6, 6.07) is 7.53. The Labute approximate surface area is 239 Å². The van der Waals surface area contributed by atoms with E-state index in [1.165, 1.54) is 11.2 Å². The van der Waals surface area contributed by atoms with Gasteiger partial charge in [0.25, 0.3) is 0 Å². The van der Waals surface area contributed by atoms with Gasteiger partial charge in [0, 0.05) is 43.6 Å². The molecule has 3 atom stereocenters. The lowest BCUT2D eigenvalue weighted by Gasteiger charge is -2.44. The van der Waals surface area contributed by atoms with Crippen LogP contribution in [0, 0.1) is 5.92 Å². The minimum atomic E-state index is -0.722. The van der Waals surface area contributed by atoms with E-state index in [1.807, 2.05) is 42.5 Å². The molecule has 6 rings (SSSR count). The Morgan fingerprint density at radius 2 is 2.22 bits per heavy atom. The first-order valence-corrected chi connectivity index (χ1v) is 14.0. The number of ether oxygens (including phenoxy) is 4. The van der Waals surface area contributed by atoms with Crippen LogP contribution in [0.5, 0.6) is 5.75 Å². The fraction of sp³-hybridized carbons (Fsp3) is 0.375. The fourth-order valence-electron chi connectivity index (χ4n) is 6.17. The number of aliphatic hydroxyl groups is 1. The van der Waals surface area contributed by atoms with Gasteiger partial charge in [-0.15, -0.1) is 6.58 Å². The van der Waals surface area contributed by atoms with Gasteiger partial charge in [-0.1, -0.05) is 24.3 Å². The van der Waals surface area contributed by atoms with Crippen molar-refractivity contribution in [1.82, 2.24) is 14.8 Å². The molecule has 9 nitrogen and oxygen atoms in total. The molecule has 1 aromatic heterocycles. The van der Waals surface area contributed by atoms with Gasteiger partial charge in [-0.3, -0.25) is 9.88 Å². The van der Waals surface area contributed by atoms with Crippen LogP contribution in [0.3, 0.4) is 0 Å². The smallest absolute Gasteiger partial charge is 0.417 e. The number of methoxy groups -OCH3 is 1. The first-order chi connectivity index (χ1) is 20.0. The minimum Gasteiger partial charge on any atom is -0.497 e. The van der Waals surface area contributed by atoms with Crippen molar-refractivity contribution in [2.45, 2.75) is 37.4 Å². The van der Waals surface area contributed by atoms with E-state index in [4.69, 9.17) is 18.9 Å². The number of rotatable bonds is 8. The van der Waals surface area contributed by atoms with Crippen LogP contribution in [-0.2, 0) is 14.2 Å². The summed E-state index contributed by atoms with van der Waals surface area (Å²) < 4.78 is 23.2. The Morgan fingerprint density at radius 3 is 3.02 bits per heavy atom. The highest BCUT2D eigenvalue weighted by Crippen LogP contribution is 2.42. The molecular formula is C32H35N3O6. The highest BCUT2D eigenvalue weighted by Gasteiger charge is 2.54. The Kier molecular flexibility index (Phi) is 7.55. The molecule has 0 saturated carbocycles. The van der Waals surface area contributed by atoms with Crippen molar-refractivity contribution in [2.24, 2.45) is 5.92 Å². The molecule has 1 aromatic carbocycles. The molecule has 9 heteroatoms. The number of likely N-dealkylation sites (tertiary alicyclic amines) is 1. The number of carbonyl (C=O) groups is 1. The molecule has 2 saturated heterocycles. The normalized spacial score (nSPS) is 25.1. The Bertz CT molecular complexity index is 1460. The maximum atomic E-state index is 13.2. The monoisotopic (exact) mass is 557 g/mol. The molecule has 1 N–H and O–H groups in total. The predicted octanol–water partition coefficient (Wildman–Crippen LogP) is 5.33. The second-order valence-electron chi connectivity index (χ2n) is 10.9. The van der Waals surface area contributed by atoms with E-state index in [9.17, 15) is 9.90 Å². The molecular weight excluding hydrogens is 522 g/mol. The van der Waals surface area contributed by atoms with Gasteiger partial charge in [0.15, 0.2) is 12.0 Å². The van der Waals surface area contributed by atoms with Crippen LogP contribution in [-0.4, -0.2) is 64.9 Å². The maximum absolute atomic E-state index is 13.2. The highest BCUT2D eigenvalue weighted by molar-refractivity contribution is 5.83. The second kappa shape index (κ2) is 11.4. The van der Waals surface area contributed by atoms with Gasteiger partial charge in [0.05, 0.1) is 25.3 Å². The molecule has 3 aliphatic heterocycles. The number of pyridine rings is 1. The molecule has 1 aliphatic carbocycles. The summed E-state index contributed by atoms with van der Waals surface area (Å²) in [5.74, 6) is 1.65. The third-order valence-electron chi connectivity index (χ3n) is 8.39. The Morgan fingerprint density at radius 1 is 1.32 bits per heavy atom. The van der Waals surface area contributed by atoms with Crippen molar-refractivity contribution in [3.63, 3.8) is 0 Å². The third-order valence-corrected chi connectivity index (χ3v) is 8.39. The molecule has 4 aliphatic rings. The largest absolute Gasteiger partial charge is 0.497 e. The SMILES string of the molecule is C=CC[C@H]1CN(C[C@H](O)c2ccnc3ccc(OC)cc23)CC[C@@]12CN(C1=COC=C(C3=CC=CCC3)O1)C(=O)O2. The van der Waals surface area contributed by atoms with Gasteiger partial charge in [0.1, 0.15) is 17.6 Å². The van der Waals surface area contributed by atoms with E-state index in [0.29, 0.717) is 50.7 Å². The molecule has 0 bridgehead atoms. The van der Waals surface area contributed by atoms with Crippen LogP contribution in [0.4, 0.5) is 4.79 Å². The molecule has 41 heavy (non-hydrogen) atoms. The number of amides is 1. The lowest BCUT2D eigenvalue weighted by atomic mass is 9.78. The zero-order valence-electron chi connectivity index (χ0n) is 23.2. The number of nitrogens with zero attached hydrogens (tertiary/aromatic N) is 3. The number of β-amino-alcohol motifs (C(OH)–C–C–N with tert-alkyl or cyclic N) is 1. The van der Waals surface area contributed by atoms with Crippen LogP contribution in [0.1, 0.15) is 37.4 Å². The summed E-state index contributed by atoms with van der Waals surface area (Å²) in [5, 5.41) is 12.2. The van der Waals surface area contributed by atoms with Crippen LogP contribution < -0.4 is 4.74 Å².